The highest BCUT2D eigenvalue weighted by molar-refractivity contribution is 7.70. The first-order valence-electron chi connectivity index (χ1n) is 1.21. The Hall–Kier alpha value is 0.200. The molecule has 0 aromatic carbocycles. The first-order chi connectivity index (χ1) is 2.77. The van der Waals surface area contributed by atoms with Crippen LogP contribution < -0.4 is 4.72 Å². The van der Waals surface area contributed by atoms with Gasteiger partial charge in [-0.1, -0.05) is 0 Å². The van der Waals surface area contributed by atoms with Gasteiger partial charge in [0.1, 0.15) is 0 Å². The van der Waals surface area contributed by atoms with Gasteiger partial charge in [-0.25, -0.2) is 13.1 Å². The number of nitrogens with one attached hydrogen (secondary N) is 1. The standard InChI is InChI=1S/CH4ClNO2S/c2-1-3-6(4)5/h6H,1H2,(H,3,4,5). The van der Waals surface area contributed by atoms with Gasteiger partial charge < -0.3 is 0 Å². The highest BCUT2D eigenvalue weighted by Crippen LogP contribution is 1.61. The van der Waals surface area contributed by atoms with Gasteiger partial charge in [-0.15, -0.1) is 11.6 Å². The molecule has 0 aliphatic rings. The van der Waals surface area contributed by atoms with Crippen LogP contribution in [0.25, 0.3) is 0 Å². The van der Waals surface area contributed by atoms with Crippen LogP contribution in [0.4, 0.5) is 0 Å². The van der Waals surface area contributed by atoms with E-state index in [1.54, 1.807) is 0 Å². The smallest absolute Gasteiger partial charge is 0.202 e. The highest BCUT2D eigenvalue weighted by atomic mass is 35.5. The van der Waals surface area contributed by atoms with E-state index in [9.17, 15) is 8.42 Å². The molecule has 38 valence electrons. The number of rotatable bonds is 2. The van der Waals surface area contributed by atoms with Crippen LogP contribution in [-0.2, 0) is 10.9 Å². The number of alkyl halides is 1. The molecule has 0 spiro atoms. The summed E-state index contributed by atoms with van der Waals surface area (Å²) in [6.07, 6.45) is 0. The predicted octanol–water partition coefficient (Wildman–Crippen LogP) is -0.701. The second-order valence-corrected chi connectivity index (χ2v) is 1.65. The van der Waals surface area contributed by atoms with Crippen LogP contribution in [0.3, 0.4) is 0 Å². The molecule has 0 aliphatic heterocycles. The van der Waals surface area contributed by atoms with Crippen molar-refractivity contribution in [2.24, 2.45) is 0 Å². The molecule has 0 radical (unpaired) electrons. The molecule has 0 aromatic rings. The Morgan fingerprint density at radius 2 is 2.17 bits per heavy atom. The third-order valence-electron chi connectivity index (χ3n) is 0.189. The van der Waals surface area contributed by atoms with Gasteiger partial charge in [-0.3, -0.25) is 0 Å². The fraction of sp³-hybridized carbons (Fsp3) is 1.00. The van der Waals surface area contributed by atoms with Crippen molar-refractivity contribution in [1.82, 2.24) is 4.72 Å². The van der Waals surface area contributed by atoms with Gasteiger partial charge in [0.2, 0.25) is 10.9 Å². The summed E-state index contributed by atoms with van der Waals surface area (Å²) in [4.78, 5) is 0. The molecule has 0 atom stereocenters. The lowest BCUT2D eigenvalue weighted by atomic mass is 11.6. The van der Waals surface area contributed by atoms with Gasteiger partial charge in [-0.2, -0.15) is 0 Å². The van der Waals surface area contributed by atoms with Crippen LogP contribution in [0.5, 0.6) is 0 Å². The molecular formula is CH4ClNO2S. The second-order valence-electron chi connectivity index (χ2n) is 0.549. The van der Waals surface area contributed by atoms with Crippen molar-refractivity contribution in [3.8, 4) is 0 Å². The molecule has 0 bridgehead atoms. The fourth-order valence-electron chi connectivity index (χ4n) is 0.0488. The van der Waals surface area contributed by atoms with Gasteiger partial charge >= 0.3 is 0 Å². The van der Waals surface area contributed by atoms with Crippen molar-refractivity contribution in [2.75, 3.05) is 6.00 Å². The molecular weight excluding hydrogens is 126 g/mol. The van der Waals surface area contributed by atoms with Crippen LogP contribution in [-0.4, -0.2) is 14.4 Å². The summed E-state index contributed by atoms with van der Waals surface area (Å²) >= 11 is 4.90. The first-order valence-corrected chi connectivity index (χ1v) is 2.92. The van der Waals surface area contributed by atoms with E-state index >= 15 is 0 Å². The third-order valence-corrected chi connectivity index (χ3v) is 0.925. The molecule has 0 heterocycles. The summed E-state index contributed by atoms with van der Waals surface area (Å²) in [5, 5.41) is 0. The molecule has 0 saturated carbocycles. The fourth-order valence-corrected chi connectivity index (χ4v) is 0.439. The Morgan fingerprint density at radius 3 is 2.17 bits per heavy atom. The molecule has 3 nitrogen and oxygen atoms in total. The Labute approximate surface area is 42.4 Å². The summed E-state index contributed by atoms with van der Waals surface area (Å²) in [7, 11) is -2.48. The summed E-state index contributed by atoms with van der Waals surface area (Å²) in [5.74, 6) is 0. The maximum atomic E-state index is 9.44. The average molecular weight is 130 g/mol. The van der Waals surface area contributed by atoms with Crippen molar-refractivity contribution in [3.63, 3.8) is 0 Å². The van der Waals surface area contributed by atoms with E-state index in [1.165, 1.54) is 0 Å². The molecule has 1 N–H and O–H groups in total. The lowest BCUT2D eigenvalue weighted by Gasteiger charge is -1.76. The molecule has 0 rings (SSSR count). The van der Waals surface area contributed by atoms with Crippen LogP contribution in [0, 0.1) is 0 Å². The van der Waals surface area contributed by atoms with Gasteiger partial charge in [-0.05, 0) is 0 Å². The Morgan fingerprint density at radius 1 is 1.67 bits per heavy atom. The van der Waals surface area contributed by atoms with Gasteiger partial charge in [0.25, 0.3) is 0 Å². The molecule has 6 heavy (non-hydrogen) atoms. The van der Waals surface area contributed by atoms with E-state index in [-0.39, 0.29) is 6.00 Å². The first kappa shape index (κ1) is 6.20. The summed E-state index contributed by atoms with van der Waals surface area (Å²) in [5.41, 5.74) is 0. The molecule has 0 amide bonds. The number of hydrogen-bond donors (Lipinski definition) is 2. The SMILES string of the molecule is O=[SH](=O)NCCl. The van der Waals surface area contributed by atoms with Crippen molar-refractivity contribution >= 4 is 22.5 Å². The van der Waals surface area contributed by atoms with E-state index in [4.69, 9.17) is 11.6 Å². The number of halogens is 1. The van der Waals surface area contributed by atoms with Crippen molar-refractivity contribution in [3.05, 3.63) is 0 Å². The Balaban J connectivity index is 3.07. The Bertz CT molecular complexity index is 81.5. The normalized spacial score (nSPS) is 9.67. The Kier molecular flexibility index (Phi) is 3.51. The average Bonchev–Trinajstić information content (AvgIpc) is 1.35. The molecule has 0 aliphatic carbocycles. The minimum atomic E-state index is -2.48. The second kappa shape index (κ2) is 3.39. The largest absolute Gasteiger partial charge is 0.215 e. The summed E-state index contributed by atoms with van der Waals surface area (Å²) in [6.45, 7) is 0. The number of hydrogen-bond acceptors (Lipinski definition) is 2. The van der Waals surface area contributed by atoms with E-state index in [0.717, 1.165) is 0 Å². The molecule has 0 aromatic heterocycles. The van der Waals surface area contributed by atoms with Crippen molar-refractivity contribution < 1.29 is 8.42 Å². The lowest BCUT2D eigenvalue weighted by molar-refractivity contribution is 0.607. The monoisotopic (exact) mass is 129 g/mol. The minimum absolute atomic E-state index is 0.0430. The molecule has 0 unspecified atom stereocenters. The predicted molar refractivity (Wildman–Crippen MR) is 24.2 cm³/mol. The summed E-state index contributed by atoms with van der Waals surface area (Å²) in [6, 6.07) is -0.0430. The van der Waals surface area contributed by atoms with Crippen LogP contribution in [0.15, 0.2) is 0 Å². The highest BCUT2D eigenvalue weighted by Gasteiger charge is 1.72. The maximum Gasteiger partial charge on any atom is 0.202 e. The van der Waals surface area contributed by atoms with E-state index < -0.39 is 10.9 Å². The van der Waals surface area contributed by atoms with E-state index in [2.05, 4.69) is 0 Å². The van der Waals surface area contributed by atoms with Crippen LogP contribution >= 0.6 is 11.6 Å². The molecule has 0 saturated heterocycles. The van der Waals surface area contributed by atoms with Gasteiger partial charge in [0.05, 0.1) is 6.00 Å². The van der Waals surface area contributed by atoms with Crippen molar-refractivity contribution in [1.29, 1.82) is 0 Å². The van der Waals surface area contributed by atoms with Gasteiger partial charge in [0, 0.05) is 0 Å². The molecule has 5 heteroatoms. The van der Waals surface area contributed by atoms with Gasteiger partial charge in [0.15, 0.2) is 0 Å². The van der Waals surface area contributed by atoms with Crippen LogP contribution in [0.1, 0.15) is 0 Å². The zero-order chi connectivity index (χ0) is 4.99. The minimum Gasteiger partial charge on any atom is -0.215 e. The summed E-state index contributed by atoms with van der Waals surface area (Å²) < 4.78 is 20.8. The quantitative estimate of drug-likeness (QED) is 0.294. The zero-order valence-electron chi connectivity index (χ0n) is 2.85. The van der Waals surface area contributed by atoms with Crippen LogP contribution in [0.2, 0.25) is 0 Å². The van der Waals surface area contributed by atoms with E-state index in [1.807, 2.05) is 4.72 Å². The number of thiol groups is 1. The maximum absolute atomic E-state index is 9.44. The third kappa shape index (κ3) is 4.20. The molecule has 0 fully saturated rings. The zero-order valence-corrected chi connectivity index (χ0v) is 4.50. The van der Waals surface area contributed by atoms with E-state index in [0.29, 0.717) is 0 Å². The topological polar surface area (TPSA) is 46.2 Å². The lowest BCUT2D eigenvalue weighted by Crippen LogP contribution is -2.06. The van der Waals surface area contributed by atoms with Crippen molar-refractivity contribution in [2.45, 2.75) is 0 Å².